The SMILES string of the molecule is COc1ccc(C2=NN[C@@H](c3nc4ccccc4[nH]3)C2)cc1. The van der Waals surface area contributed by atoms with Gasteiger partial charge in [0.1, 0.15) is 17.6 Å². The monoisotopic (exact) mass is 292 g/mol. The Hall–Kier alpha value is -2.82. The number of nitrogens with one attached hydrogen (secondary N) is 2. The molecule has 4 rings (SSSR count). The third-order valence-corrected chi connectivity index (χ3v) is 3.91. The molecule has 2 heterocycles. The van der Waals surface area contributed by atoms with Crippen molar-refractivity contribution < 1.29 is 4.74 Å². The van der Waals surface area contributed by atoms with Crippen molar-refractivity contribution in [2.45, 2.75) is 12.5 Å². The van der Waals surface area contributed by atoms with Crippen molar-refractivity contribution in [1.82, 2.24) is 15.4 Å². The molecule has 2 N–H and O–H groups in total. The van der Waals surface area contributed by atoms with Gasteiger partial charge >= 0.3 is 0 Å². The predicted molar refractivity (Wildman–Crippen MR) is 86.1 cm³/mol. The van der Waals surface area contributed by atoms with Gasteiger partial charge in [0.05, 0.1) is 23.9 Å². The maximum absolute atomic E-state index is 5.19. The second-order valence-corrected chi connectivity index (χ2v) is 5.31. The number of hydrazone groups is 1. The van der Waals surface area contributed by atoms with E-state index >= 15 is 0 Å². The van der Waals surface area contributed by atoms with Gasteiger partial charge in [-0.25, -0.2) is 4.98 Å². The molecule has 1 atom stereocenters. The van der Waals surface area contributed by atoms with Gasteiger partial charge in [-0.3, -0.25) is 5.43 Å². The van der Waals surface area contributed by atoms with Crippen LogP contribution in [0.5, 0.6) is 5.75 Å². The number of hydrogen-bond donors (Lipinski definition) is 2. The summed E-state index contributed by atoms with van der Waals surface area (Å²) < 4.78 is 5.19. The maximum Gasteiger partial charge on any atom is 0.131 e. The molecule has 0 saturated heterocycles. The minimum Gasteiger partial charge on any atom is -0.497 e. The number of fused-ring (bicyclic) bond motifs is 1. The Labute approximate surface area is 128 Å². The number of ether oxygens (including phenoxy) is 1. The van der Waals surface area contributed by atoms with Crippen molar-refractivity contribution in [3.05, 3.63) is 59.9 Å². The van der Waals surface area contributed by atoms with Crippen LogP contribution < -0.4 is 10.2 Å². The zero-order valence-electron chi connectivity index (χ0n) is 12.2. The number of benzene rings is 2. The van der Waals surface area contributed by atoms with Gasteiger partial charge in [0.15, 0.2) is 0 Å². The lowest BCUT2D eigenvalue weighted by molar-refractivity contribution is 0.415. The lowest BCUT2D eigenvalue weighted by Gasteiger charge is -2.05. The van der Waals surface area contributed by atoms with Crippen LogP contribution in [0.15, 0.2) is 53.6 Å². The van der Waals surface area contributed by atoms with E-state index in [1.54, 1.807) is 7.11 Å². The number of methoxy groups -OCH3 is 1. The Kier molecular flexibility index (Phi) is 3.04. The van der Waals surface area contributed by atoms with Crippen LogP contribution in [0.3, 0.4) is 0 Å². The summed E-state index contributed by atoms with van der Waals surface area (Å²) >= 11 is 0. The van der Waals surface area contributed by atoms with E-state index in [1.807, 2.05) is 48.5 Å². The number of aromatic amines is 1. The highest BCUT2D eigenvalue weighted by atomic mass is 16.5. The Bertz CT molecular complexity index is 802. The van der Waals surface area contributed by atoms with E-state index in [9.17, 15) is 0 Å². The molecule has 0 amide bonds. The van der Waals surface area contributed by atoms with Gasteiger partial charge in [-0.05, 0) is 42.0 Å². The molecule has 0 bridgehead atoms. The predicted octanol–water partition coefficient (Wildman–Crippen LogP) is 3.01. The molecule has 5 nitrogen and oxygen atoms in total. The third-order valence-electron chi connectivity index (χ3n) is 3.91. The van der Waals surface area contributed by atoms with E-state index in [1.165, 1.54) is 0 Å². The summed E-state index contributed by atoms with van der Waals surface area (Å²) in [4.78, 5) is 8.00. The summed E-state index contributed by atoms with van der Waals surface area (Å²) in [5, 5.41) is 4.46. The summed E-state index contributed by atoms with van der Waals surface area (Å²) in [5.41, 5.74) is 7.35. The molecule has 1 aliphatic heterocycles. The normalized spacial score (nSPS) is 17.3. The van der Waals surface area contributed by atoms with Crippen LogP contribution in [-0.4, -0.2) is 22.8 Å². The highest BCUT2D eigenvalue weighted by molar-refractivity contribution is 6.01. The van der Waals surface area contributed by atoms with E-state index in [2.05, 4.69) is 20.5 Å². The number of para-hydroxylation sites is 2. The number of nitrogens with zero attached hydrogens (tertiary/aromatic N) is 2. The quantitative estimate of drug-likeness (QED) is 0.780. The van der Waals surface area contributed by atoms with Crippen LogP contribution in [0.1, 0.15) is 23.9 Å². The molecule has 0 unspecified atom stereocenters. The molecule has 22 heavy (non-hydrogen) atoms. The first-order chi connectivity index (χ1) is 10.8. The summed E-state index contributed by atoms with van der Waals surface area (Å²) in [5.74, 6) is 1.78. The second kappa shape index (κ2) is 5.18. The van der Waals surface area contributed by atoms with E-state index in [-0.39, 0.29) is 6.04 Å². The molecule has 0 radical (unpaired) electrons. The number of H-pyrrole nitrogens is 1. The first-order valence-electron chi connectivity index (χ1n) is 7.24. The van der Waals surface area contributed by atoms with E-state index in [0.717, 1.165) is 40.3 Å². The van der Waals surface area contributed by atoms with E-state index in [0.29, 0.717) is 0 Å². The molecular formula is C17H16N4O. The highest BCUT2D eigenvalue weighted by Crippen LogP contribution is 2.25. The molecule has 5 heteroatoms. The van der Waals surface area contributed by atoms with Crippen LogP contribution in [0.25, 0.3) is 11.0 Å². The molecular weight excluding hydrogens is 276 g/mol. The average molecular weight is 292 g/mol. The highest BCUT2D eigenvalue weighted by Gasteiger charge is 2.23. The minimum atomic E-state index is 0.0875. The minimum absolute atomic E-state index is 0.0875. The zero-order chi connectivity index (χ0) is 14.9. The Balaban J connectivity index is 1.55. The molecule has 0 aliphatic carbocycles. The van der Waals surface area contributed by atoms with Gasteiger partial charge in [-0.1, -0.05) is 12.1 Å². The summed E-state index contributed by atoms with van der Waals surface area (Å²) in [6.45, 7) is 0. The van der Waals surface area contributed by atoms with Crippen LogP contribution in [-0.2, 0) is 0 Å². The van der Waals surface area contributed by atoms with Gasteiger partial charge in [-0.15, -0.1) is 0 Å². The summed E-state index contributed by atoms with van der Waals surface area (Å²) in [6, 6.07) is 16.1. The Morgan fingerprint density at radius 1 is 1.09 bits per heavy atom. The summed E-state index contributed by atoms with van der Waals surface area (Å²) in [7, 11) is 1.67. The topological polar surface area (TPSA) is 62.3 Å². The van der Waals surface area contributed by atoms with Crippen molar-refractivity contribution in [1.29, 1.82) is 0 Å². The molecule has 0 fully saturated rings. The molecule has 110 valence electrons. The fourth-order valence-electron chi connectivity index (χ4n) is 2.70. The first-order valence-corrected chi connectivity index (χ1v) is 7.24. The van der Waals surface area contributed by atoms with Gasteiger partial charge in [-0.2, -0.15) is 5.10 Å². The van der Waals surface area contributed by atoms with Crippen LogP contribution in [0.2, 0.25) is 0 Å². The van der Waals surface area contributed by atoms with Gasteiger partial charge in [0, 0.05) is 6.42 Å². The van der Waals surface area contributed by atoms with Gasteiger partial charge < -0.3 is 9.72 Å². The second-order valence-electron chi connectivity index (χ2n) is 5.31. The third kappa shape index (κ3) is 2.20. The zero-order valence-corrected chi connectivity index (χ0v) is 12.2. The Morgan fingerprint density at radius 2 is 1.91 bits per heavy atom. The van der Waals surface area contributed by atoms with Gasteiger partial charge in [0.25, 0.3) is 0 Å². The van der Waals surface area contributed by atoms with Crippen molar-refractivity contribution >= 4 is 16.7 Å². The average Bonchev–Trinajstić information content (AvgIpc) is 3.21. The molecule has 0 saturated carbocycles. The number of hydrogen-bond acceptors (Lipinski definition) is 4. The van der Waals surface area contributed by atoms with Crippen LogP contribution in [0, 0.1) is 0 Å². The first kappa shape index (κ1) is 12.9. The number of aromatic nitrogens is 2. The van der Waals surface area contributed by atoms with Crippen molar-refractivity contribution in [2.75, 3.05) is 7.11 Å². The van der Waals surface area contributed by atoms with E-state index < -0.39 is 0 Å². The Morgan fingerprint density at radius 3 is 2.68 bits per heavy atom. The largest absolute Gasteiger partial charge is 0.497 e. The standard InChI is InChI=1S/C17H16N4O/c1-22-12-8-6-11(7-9-12)15-10-16(21-20-15)17-18-13-4-2-3-5-14(13)19-17/h2-9,16,21H,10H2,1H3,(H,18,19)/t16-/m1/s1. The van der Waals surface area contributed by atoms with Crippen molar-refractivity contribution in [3.63, 3.8) is 0 Å². The lowest BCUT2D eigenvalue weighted by Crippen LogP contribution is -2.11. The maximum atomic E-state index is 5.19. The lowest BCUT2D eigenvalue weighted by atomic mass is 10.0. The smallest absolute Gasteiger partial charge is 0.131 e. The van der Waals surface area contributed by atoms with Gasteiger partial charge in [0.2, 0.25) is 0 Å². The number of imidazole rings is 1. The molecule has 0 spiro atoms. The van der Waals surface area contributed by atoms with Crippen LogP contribution >= 0.6 is 0 Å². The molecule has 3 aromatic rings. The molecule has 1 aliphatic rings. The van der Waals surface area contributed by atoms with Crippen molar-refractivity contribution in [3.8, 4) is 5.75 Å². The number of rotatable bonds is 3. The summed E-state index contributed by atoms with van der Waals surface area (Å²) in [6.07, 6.45) is 0.812. The molecule has 2 aromatic carbocycles. The van der Waals surface area contributed by atoms with Crippen molar-refractivity contribution in [2.24, 2.45) is 5.10 Å². The fourth-order valence-corrected chi connectivity index (χ4v) is 2.70. The molecule has 1 aromatic heterocycles. The van der Waals surface area contributed by atoms with E-state index in [4.69, 9.17) is 4.74 Å². The fraction of sp³-hybridized carbons (Fsp3) is 0.176. The van der Waals surface area contributed by atoms with Crippen LogP contribution in [0.4, 0.5) is 0 Å².